The largest absolute Gasteiger partial charge is 0.452 e. The minimum Gasteiger partial charge on any atom is -0.452 e. The molecule has 1 N–H and O–H groups in total. The molecule has 1 fully saturated rings. The third-order valence-corrected chi connectivity index (χ3v) is 7.09. The number of hydrogen-bond donors (Lipinski definition) is 1. The number of non-ortho nitro benzene ring substituents is 1. The number of sulfonamides is 1. The van der Waals surface area contributed by atoms with E-state index in [-0.39, 0.29) is 34.9 Å². The number of carbonyl (C=O) groups excluding carboxylic acids is 2. The zero-order valence-corrected chi connectivity index (χ0v) is 18.9. The molecule has 3 rings (SSSR count). The van der Waals surface area contributed by atoms with Gasteiger partial charge in [-0.1, -0.05) is 12.1 Å². The molecule has 12 heteroatoms. The Morgan fingerprint density at radius 1 is 1.12 bits per heavy atom. The number of morpholine rings is 1. The molecule has 0 aromatic heterocycles. The van der Waals surface area contributed by atoms with Gasteiger partial charge < -0.3 is 14.8 Å². The molecular formula is C21H23N3O8S. The van der Waals surface area contributed by atoms with Crippen LogP contribution < -0.4 is 5.32 Å². The highest BCUT2D eigenvalue weighted by atomic mass is 32.2. The van der Waals surface area contributed by atoms with Crippen molar-refractivity contribution < 1.29 is 32.4 Å². The number of aryl methyl sites for hydroxylation is 2. The fourth-order valence-corrected chi connectivity index (χ4v) is 4.85. The average molecular weight is 477 g/mol. The maximum absolute atomic E-state index is 13.0. The van der Waals surface area contributed by atoms with Crippen LogP contribution in [0.4, 0.5) is 11.4 Å². The normalized spacial score (nSPS) is 14.5. The van der Waals surface area contributed by atoms with Crippen molar-refractivity contribution in [2.75, 3.05) is 38.2 Å². The van der Waals surface area contributed by atoms with Crippen LogP contribution in [-0.4, -0.2) is 62.4 Å². The monoisotopic (exact) mass is 477 g/mol. The molecule has 1 saturated heterocycles. The first-order valence-electron chi connectivity index (χ1n) is 10.00. The first-order valence-corrected chi connectivity index (χ1v) is 11.4. The van der Waals surface area contributed by atoms with Crippen molar-refractivity contribution in [2.24, 2.45) is 0 Å². The average Bonchev–Trinajstić information content (AvgIpc) is 2.79. The molecule has 2 aromatic rings. The Labute approximate surface area is 190 Å². The van der Waals surface area contributed by atoms with Gasteiger partial charge in [0.25, 0.3) is 11.6 Å². The van der Waals surface area contributed by atoms with Gasteiger partial charge >= 0.3 is 5.97 Å². The molecule has 1 heterocycles. The zero-order valence-electron chi connectivity index (χ0n) is 18.1. The van der Waals surface area contributed by atoms with Crippen LogP contribution in [0.5, 0.6) is 0 Å². The summed E-state index contributed by atoms with van der Waals surface area (Å²) in [5, 5.41) is 13.4. The fraction of sp³-hybridized carbons (Fsp3) is 0.333. The number of anilines is 1. The summed E-state index contributed by atoms with van der Waals surface area (Å²) in [5.41, 5.74) is 1.07. The van der Waals surface area contributed by atoms with Crippen LogP contribution in [0, 0.1) is 24.0 Å². The van der Waals surface area contributed by atoms with Crippen molar-refractivity contribution in [2.45, 2.75) is 18.7 Å². The lowest BCUT2D eigenvalue weighted by Gasteiger charge is -2.26. The number of benzene rings is 2. The molecular weight excluding hydrogens is 454 g/mol. The molecule has 0 bridgehead atoms. The van der Waals surface area contributed by atoms with Crippen molar-refractivity contribution in [1.29, 1.82) is 0 Å². The highest BCUT2D eigenvalue weighted by molar-refractivity contribution is 7.89. The molecule has 0 saturated carbocycles. The van der Waals surface area contributed by atoms with E-state index in [2.05, 4.69) is 5.32 Å². The lowest BCUT2D eigenvalue weighted by atomic mass is 10.1. The lowest BCUT2D eigenvalue weighted by Crippen LogP contribution is -2.40. The van der Waals surface area contributed by atoms with Gasteiger partial charge in [0.15, 0.2) is 6.61 Å². The topological polar surface area (TPSA) is 145 Å². The summed E-state index contributed by atoms with van der Waals surface area (Å²) in [6, 6.07) is 8.14. The predicted molar refractivity (Wildman–Crippen MR) is 118 cm³/mol. The number of ether oxygens (including phenoxy) is 2. The van der Waals surface area contributed by atoms with Crippen molar-refractivity contribution in [1.82, 2.24) is 4.31 Å². The summed E-state index contributed by atoms with van der Waals surface area (Å²) < 4.78 is 37.4. The molecule has 2 aromatic carbocycles. The molecule has 0 unspecified atom stereocenters. The quantitative estimate of drug-likeness (QED) is 0.362. The number of nitro groups is 1. The van der Waals surface area contributed by atoms with Crippen LogP contribution in [0.25, 0.3) is 0 Å². The molecule has 0 atom stereocenters. The van der Waals surface area contributed by atoms with E-state index in [0.29, 0.717) is 24.3 Å². The van der Waals surface area contributed by atoms with Crippen LogP contribution in [0.1, 0.15) is 21.5 Å². The Morgan fingerprint density at radius 3 is 2.45 bits per heavy atom. The van der Waals surface area contributed by atoms with E-state index >= 15 is 0 Å². The third kappa shape index (κ3) is 5.72. The van der Waals surface area contributed by atoms with Gasteiger partial charge in [-0.05, 0) is 37.1 Å². The van der Waals surface area contributed by atoms with Gasteiger partial charge in [0, 0.05) is 25.2 Å². The number of carbonyl (C=O) groups is 2. The van der Waals surface area contributed by atoms with Gasteiger partial charge in [-0.3, -0.25) is 14.9 Å². The molecule has 1 aliphatic heterocycles. The van der Waals surface area contributed by atoms with Gasteiger partial charge in [0.05, 0.1) is 34.3 Å². The van der Waals surface area contributed by atoms with E-state index in [1.165, 1.54) is 40.7 Å². The van der Waals surface area contributed by atoms with Gasteiger partial charge in [-0.25, -0.2) is 13.2 Å². The number of nitrogens with zero attached hydrogens (tertiary/aromatic N) is 2. The number of esters is 1. The molecule has 0 spiro atoms. The van der Waals surface area contributed by atoms with E-state index < -0.39 is 33.4 Å². The highest BCUT2D eigenvalue weighted by Crippen LogP contribution is 2.23. The minimum absolute atomic E-state index is 0.0180. The first-order chi connectivity index (χ1) is 15.6. The molecule has 176 valence electrons. The molecule has 0 radical (unpaired) electrons. The van der Waals surface area contributed by atoms with Gasteiger partial charge in [-0.2, -0.15) is 4.31 Å². The van der Waals surface area contributed by atoms with Crippen LogP contribution in [-0.2, 0) is 24.3 Å². The Bertz CT molecular complexity index is 1190. The number of nitro benzene ring substituents is 1. The SMILES string of the molecule is Cc1ccc([N+](=O)[O-])cc1NC(=O)COC(=O)c1ccc(C)c(S(=O)(=O)N2CCOCC2)c1. The first kappa shape index (κ1) is 24.3. The maximum atomic E-state index is 13.0. The van der Waals surface area contributed by atoms with E-state index in [4.69, 9.17) is 9.47 Å². The minimum atomic E-state index is -3.83. The Kier molecular flexibility index (Phi) is 7.41. The van der Waals surface area contributed by atoms with E-state index in [0.717, 1.165) is 0 Å². The third-order valence-electron chi connectivity index (χ3n) is 5.05. The summed E-state index contributed by atoms with van der Waals surface area (Å²) in [6.45, 7) is 3.64. The Balaban J connectivity index is 1.68. The molecule has 1 aliphatic rings. The maximum Gasteiger partial charge on any atom is 0.338 e. The summed E-state index contributed by atoms with van der Waals surface area (Å²) >= 11 is 0. The predicted octanol–water partition coefficient (Wildman–Crippen LogP) is 2.03. The zero-order chi connectivity index (χ0) is 24.2. The second-order valence-electron chi connectivity index (χ2n) is 7.38. The number of hydrogen-bond acceptors (Lipinski definition) is 8. The van der Waals surface area contributed by atoms with E-state index in [1.807, 2.05) is 0 Å². The fourth-order valence-electron chi connectivity index (χ4n) is 3.19. The standard InChI is InChI=1S/C21H23N3O8S/c1-14-4-6-17(24(27)28)12-18(14)22-20(25)13-32-21(26)16-5-3-15(2)19(11-16)33(29,30)23-7-9-31-10-8-23/h3-6,11-12H,7-10,13H2,1-2H3,(H,22,25). The summed E-state index contributed by atoms with van der Waals surface area (Å²) in [7, 11) is -3.83. The highest BCUT2D eigenvalue weighted by Gasteiger charge is 2.28. The molecule has 11 nitrogen and oxygen atoms in total. The number of amides is 1. The summed E-state index contributed by atoms with van der Waals surface area (Å²) in [4.78, 5) is 35.0. The number of nitrogens with one attached hydrogen (secondary N) is 1. The van der Waals surface area contributed by atoms with Crippen molar-refractivity contribution in [3.8, 4) is 0 Å². The van der Waals surface area contributed by atoms with E-state index in [9.17, 15) is 28.1 Å². The molecule has 33 heavy (non-hydrogen) atoms. The van der Waals surface area contributed by atoms with Crippen LogP contribution in [0.2, 0.25) is 0 Å². The second kappa shape index (κ2) is 10.1. The number of rotatable bonds is 7. The van der Waals surface area contributed by atoms with Crippen molar-refractivity contribution in [3.63, 3.8) is 0 Å². The molecule has 0 aliphatic carbocycles. The molecule has 1 amide bonds. The van der Waals surface area contributed by atoms with Crippen molar-refractivity contribution in [3.05, 3.63) is 63.2 Å². The smallest absolute Gasteiger partial charge is 0.338 e. The van der Waals surface area contributed by atoms with E-state index in [1.54, 1.807) is 13.8 Å². The van der Waals surface area contributed by atoms with Crippen LogP contribution in [0.3, 0.4) is 0 Å². The van der Waals surface area contributed by atoms with Gasteiger partial charge in [-0.15, -0.1) is 0 Å². The van der Waals surface area contributed by atoms with Gasteiger partial charge in [0.2, 0.25) is 10.0 Å². The van der Waals surface area contributed by atoms with Crippen LogP contribution in [0.15, 0.2) is 41.3 Å². The Hall–Kier alpha value is -3.35. The lowest BCUT2D eigenvalue weighted by molar-refractivity contribution is -0.384. The summed E-state index contributed by atoms with van der Waals surface area (Å²) in [6.07, 6.45) is 0. The van der Waals surface area contributed by atoms with Crippen LogP contribution >= 0.6 is 0 Å². The summed E-state index contributed by atoms with van der Waals surface area (Å²) in [5.74, 6) is -1.57. The van der Waals surface area contributed by atoms with Crippen molar-refractivity contribution >= 4 is 33.3 Å². The second-order valence-corrected chi connectivity index (χ2v) is 9.28. The van der Waals surface area contributed by atoms with Gasteiger partial charge in [0.1, 0.15) is 0 Å². The Morgan fingerprint density at radius 2 is 1.79 bits per heavy atom.